The number of non-ortho nitro benzene ring substituents is 1. The average molecular weight is 395 g/mol. The van der Waals surface area contributed by atoms with Crippen LogP contribution in [0.25, 0.3) is 11.5 Å². The zero-order chi connectivity index (χ0) is 20.8. The molecule has 0 spiro atoms. The highest BCUT2D eigenvalue weighted by Crippen LogP contribution is 2.18. The number of carbonyl (C=O) groups is 2. The van der Waals surface area contributed by atoms with Crippen LogP contribution in [-0.2, 0) is 11.2 Å². The van der Waals surface area contributed by atoms with Gasteiger partial charge in [0.2, 0.25) is 17.7 Å². The van der Waals surface area contributed by atoms with Crippen LogP contribution in [0.5, 0.6) is 0 Å². The van der Waals surface area contributed by atoms with Gasteiger partial charge < -0.3 is 4.42 Å². The van der Waals surface area contributed by atoms with Crippen LogP contribution >= 0.6 is 0 Å². The molecule has 1 aromatic heterocycles. The van der Waals surface area contributed by atoms with Crippen LogP contribution in [0, 0.1) is 17.0 Å². The Bertz CT molecular complexity index is 1050. The van der Waals surface area contributed by atoms with Gasteiger partial charge in [-0.15, -0.1) is 10.2 Å². The SMILES string of the molecule is Cc1ccc(-c2nnc(CCC(=O)NNC(=O)c3cccc([N+](=O)[O-])c3)o2)cc1. The molecule has 1 heterocycles. The van der Waals surface area contributed by atoms with Crippen molar-refractivity contribution in [2.45, 2.75) is 19.8 Å². The molecule has 0 bridgehead atoms. The average Bonchev–Trinajstić information content (AvgIpc) is 3.20. The quantitative estimate of drug-likeness (QED) is 0.482. The van der Waals surface area contributed by atoms with E-state index >= 15 is 0 Å². The Morgan fingerprint density at radius 3 is 2.59 bits per heavy atom. The molecule has 0 unspecified atom stereocenters. The summed E-state index contributed by atoms with van der Waals surface area (Å²) < 4.78 is 5.54. The van der Waals surface area contributed by atoms with Gasteiger partial charge in [-0.25, -0.2) is 0 Å². The summed E-state index contributed by atoms with van der Waals surface area (Å²) in [6.45, 7) is 1.97. The maximum absolute atomic E-state index is 12.0. The predicted molar refractivity (Wildman–Crippen MR) is 101 cm³/mol. The summed E-state index contributed by atoms with van der Waals surface area (Å²) in [6, 6.07) is 12.8. The van der Waals surface area contributed by atoms with E-state index in [2.05, 4.69) is 21.0 Å². The van der Waals surface area contributed by atoms with Crippen molar-refractivity contribution in [1.82, 2.24) is 21.0 Å². The van der Waals surface area contributed by atoms with Crippen LogP contribution in [0.2, 0.25) is 0 Å². The minimum Gasteiger partial charge on any atom is -0.421 e. The van der Waals surface area contributed by atoms with Crippen LogP contribution in [-0.4, -0.2) is 26.9 Å². The van der Waals surface area contributed by atoms with Crippen LogP contribution in [0.4, 0.5) is 5.69 Å². The first-order valence-electron chi connectivity index (χ1n) is 8.65. The lowest BCUT2D eigenvalue weighted by molar-refractivity contribution is -0.384. The van der Waals surface area contributed by atoms with E-state index in [-0.39, 0.29) is 24.1 Å². The molecule has 0 saturated carbocycles. The number of amides is 2. The van der Waals surface area contributed by atoms with E-state index in [1.807, 2.05) is 31.2 Å². The van der Waals surface area contributed by atoms with E-state index in [1.165, 1.54) is 18.2 Å². The van der Waals surface area contributed by atoms with Crippen molar-refractivity contribution in [3.8, 4) is 11.5 Å². The molecule has 2 amide bonds. The molecule has 0 aliphatic rings. The van der Waals surface area contributed by atoms with Crippen molar-refractivity contribution < 1.29 is 18.9 Å². The van der Waals surface area contributed by atoms with Crippen LogP contribution in [0.1, 0.15) is 28.2 Å². The molecule has 0 saturated heterocycles. The highest BCUT2D eigenvalue weighted by molar-refractivity contribution is 5.95. The standard InChI is InChI=1S/C19H17N5O5/c1-12-5-7-13(8-6-12)19-23-21-17(29-19)10-9-16(25)20-22-18(26)14-3-2-4-15(11-14)24(27)28/h2-8,11H,9-10H2,1H3,(H,20,25)(H,22,26). The van der Waals surface area contributed by atoms with E-state index in [1.54, 1.807) is 0 Å². The van der Waals surface area contributed by atoms with Crippen molar-refractivity contribution in [1.29, 1.82) is 0 Å². The number of carbonyl (C=O) groups excluding carboxylic acids is 2. The van der Waals surface area contributed by atoms with Crippen LogP contribution in [0.15, 0.2) is 52.9 Å². The largest absolute Gasteiger partial charge is 0.421 e. The van der Waals surface area contributed by atoms with Gasteiger partial charge in [-0.1, -0.05) is 23.8 Å². The van der Waals surface area contributed by atoms with Gasteiger partial charge in [-0.3, -0.25) is 30.6 Å². The Labute approximate surface area is 165 Å². The lowest BCUT2D eigenvalue weighted by atomic mass is 10.1. The Hall–Kier alpha value is -4.08. The molecule has 0 radical (unpaired) electrons. The molecule has 3 aromatic rings. The summed E-state index contributed by atoms with van der Waals surface area (Å²) in [5, 5.41) is 18.6. The smallest absolute Gasteiger partial charge is 0.270 e. The minimum atomic E-state index is -0.665. The third-order valence-electron chi connectivity index (χ3n) is 3.97. The molecular weight excluding hydrogens is 378 g/mol. The second-order valence-electron chi connectivity index (χ2n) is 6.18. The zero-order valence-electron chi connectivity index (χ0n) is 15.4. The summed E-state index contributed by atoms with van der Waals surface area (Å²) in [6.07, 6.45) is 0.197. The van der Waals surface area contributed by atoms with Crippen molar-refractivity contribution in [3.05, 3.63) is 75.7 Å². The molecule has 10 nitrogen and oxygen atoms in total. The topological polar surface area (TPSA) is 140 Å². The third kappa shape index (κ3) is 5.22. The summed E-state index contributed by atoms with van der Waals surface area (Å²) >= 11 is 0. The number of benzene rings is 2. The van der Waals surface area contributed by atoms with Gasteiger partial charge in [0, 0.05) is 36.1 Å². The first kappa shape index (κ1) is 19.7. The highest BCUT2D eigenvalue weighted by Gasteiger charge is 2.13. The number of rotatable bonds is 6. The third-order valence-corrected chi connectivity index (χ3v) is 3.97. The number of nitro benzene ring substituents is 1. The van der Waals surface area contributed by atoms with Gasteiger partial charge in [-0.2, -0.15) is 0 Å². The fraction of sp³-hybridized carbons (Fsp3) is 0.158. The van der Waals surface area contributed by atoms with E-state index in [0.29, 0.717) is 11.8 Å². The maximum atomic E-state index is 12.0. The fourth-order valence-corrected chi connectivity index (χ4v) is 2.41. The van der Waals surface area contributed by atoms with E-state index in [9.17, 15) is 19.7 Å². The van der Waals surface area contributed by atoms with Crippen LogP contribution < -0.4 is 10.9 Å². The van der Waals surface area contributed by atoms with E-state index < -0.39 is 16.7 Å². The summed E-state index contributed by atoms with van der Waals surface area (Å²) in [7, 11) is 0. The molecule has 0 fully saturated rings. The van der Waals surface area contributed by atoms with Crippen molar-refractivity contribution >= 4 is 17.5 Å². The van der Waals surface area contributed by atoms with Gasteiger partial charge in [0.15, 0.2) is 0 Å². The molecule has 29 heavy (non-hydrogen) atoms. The van der Waals surface area contributed by atoms with Gasteiger partial charge in [-0.05, 0) is 25.1 Å². The number of nitrogens with zero attached hydrogens (tertiary/aromatic N) is 3. The summed E-state index contributed by atoms with van der Waals surface area (Å²) in [5.74, 6) is -0.486. The zero-order valence-corrected chi connectivity index (χ0v) is 15.4. The van der Waals surface area contributed by atoms with Crippen molar-refractivity contribution in [3.63, 3.8) is 0 Å². The Balaban J connectivity index is 1.49. The fourth-order valence-electron chi connectivity index (χ4n) is 2.41. The number of aromatic nitrogens is 2. The lowest BCUT2D eigenvalue weighted by Gasteiger charge is -2.06. The van der Waals surface area contributed by atoms with Crippen molar-refractivity contribution in [2.75, 3.05) is 0 Å². The van der Waals surface area contributed by atoms with Crippen molar-refractivity contribution in [2.24, 2.45) is 0 Å². The molecule has 2 N–H and O–H groups in total. The molecule has 148 valence electrons. The maximum Gasteiger partial charge on any atom is 0.270 e. The van der Waals surface area contributed by atoms with E-state index in [4.69, 9.17) is 4.42 Å². The number of nitrogens with one attached hydrogen (secondary N) is 2. The Morgan fingerprint density at radius 1 is 1.10 bits per heavy atom. The minimum absolute atomic E-state index is 0.00471. The normalized spacial score (nSPS) is 10.4. The molecule has 2 aromatic carbocycles. The lowest BCUT2D eigenvalue weighted by Crippen LogP contribution is -2.41. The molecule has 0 aliphatic carbocycles. The first-order valence-corrected chi connectivity index (χ1v) is 8.65. The second kappa shape index (κ2) is 8.74. The molecule has 0 aliphatic heterocycles. The Kier molecular flexibility index (Phi) is 5.93. The number of aryl methyl sites for hydroxylation is 2. The number of nitro groups is 1. The van der Waals surface area contributed by atoms with E-state index in [0.717, 1.165) is 17.2 Å². The summed E-state index contributed by atoms with van der Waals surface area (Å²) in [5.41, 5.74) is 6.18. The molecular formula is C19H17N5O5. The highest BCUT2D eigenvalue weighted by atomic mass is 16.6. The molecule has 0 atom stereocenters. The summed E-state index contributed by atoms with van der Waals surface area (Å²) in [4.78, 5) is 34.1. The number of hydrogen-bond acceptors (Lipinski definition) is 7. The number of hydrazine groups is 1. The van der Waals surface area contributed by atoms with Crippen LogP contribution in [0.3, 0.4) is 0 Å². The second-order valence-corrected chi connectivity index (χ2v) is 6.18. The van der Waals surface area contributed by atoms with Gasteiger partial charge in [0.05, 0.1) is 4.92 Å². The molecule has 3 rings (SSSR count). The van der Waals surface area contributed by atoms with Gasteiger partial charge in [0.25, 0.3) is 11.6 Å². The molecule has 10 heteroatoms. The van der Waals surface area contributed by atoms with Gasteiger partial charge in [0.1, 0.15) is 0 Å². The number of hydrogen-bond donors (Lipinski definition) is 2. The Morgan fingerprint density at radius 2 is 1.86 bits per heavy atom. The monoisotopic (exact) mass is 395 g/mol. The predicted octanol–water partition coefficient (Wildman–Crippen LogP) is 2.35. The van der Waals surface area contributed by atoms with Gasteiger partial charge >= 0.3 is 0 Å². The first-order chi connectivity index (χ1) is 13.9.